The monoisotopic (exact) mass is 776 g/mol. The van der Waals surface area contributed by atoms with Crippen LogP contribution in [0.3, 0.4) is 0 Å². The number of aryl methyl sites for hydroxylation is 6. The van der Waals surface area contributed by atoms with Crippen molar-refractivity contribution >= 4 is 105 Å². The number of nitrogens with zero attached hydrogens (tertiary/aromatic N) is 5. The third kappa shape index (κ3) is 6.35. The van der Waals surface area contributed by atoms with Crippen LogP contribution in [0.1, 0.15) is 88.4 Å². The molecule has 15 heteroatoms. The number of carbonyl (C=O) groups excluding carboxylic acids is 1. The number of primary amides is 1. The standard InChI is InChI=1S/C36H37ClN8O2S4/c1-8-16-15(4)48-35-25(16)32(47)44-31(45-35)26-18(10-3)23-28(37)42-22(43-34(23)51-26)12-11-20-17(9-2)24-30(39-14-40-33(24)49-20)41-19-13-21(36(5,6)7)50-27(19)29(38)46/h13-14H,8-12H2,1-7H3,(H2,38,46)(H,39,40,41)(H,44,45,47). The normalized spacial score (nSPS) is 12.2. The molecule has 0 radical (unpaired) electrons. The molecule has 51 heavy (non-hydrogen) atoms. The van der Waals surface area contributed by atoms with Gasteiger partial charge in [0.15, 0.2) is 5.82 Å². The van der Waals surface area contributed by atoms with Gasteiger partial charge in [-0.2, -0.15) is 0 Å². The van der Waals surface area contributed by atoms with Gasteiger partial charge in [0.2, 0.25) is 0 Å². The fourth-order valence-electron chi connectivity index (χ4n) is 6.50. The number of rotatable bonds is 10. The largest absolute Gasteiger partial charge is 0.365 e. The SMILES string of the molecule is CCc1c(-c2nc3sc(C)c(CC)c3c(=O)[nH]2)sc2nc(CCc3sc4ncnc(Nc5cc(C(C)(C)C)sc5C(N)=O)c4c3CC)nc(Cl)c12. The molecule has 0 bridgehead atoms. The van der Waals surface area contributed by atoms with Crippen molar-refractivity contribution in [3.63, 3.8) is 0 Å². The summed E-state index contributed by atoms with van der Waals surface area (Å²) in [6, 6.07) is 1.99. The predicted octanol–water partition coefficient (Wildman–Crippen LogP) is 9.30. The Hall–Kier alpha value is -3.82. The molecular formula is C36H37ClN8O2S4. The molecule has 0 unspecified atom stereocenters. The zero-order chi connectivity index (χ0) is 36.4. The Morgan fingerprint density at radius 2 is 1.61 bits per heavy atom. The highest BCUT2D eigenvalue weighted by atomic mass is 35.5. The van der Waals surface area contributed by atoms with Gasteiger partial charge in [0.1, 0.15) is 42.5 Å². The zero-order valence-electron chi connectivity index (χ0n) is 29.3. The maximum atomic E-state index is 13.3. The van der Waals surface area contributed by atoms with E-state index in [1.54, 1.807) is 29.0 Å². The minimum absolute atomic E-state index is 0.120. The van der Waals surface area contributed by atoms with Crippen LogP contribution in [0.5, 0.6) is 0 Å². The second-order valence-corrected chi connectivity index (χ2v) is 18.0. The molecule has 7 aromatic heterocycles. The number of nitrogens with two attached hydrogens (primary N) is 1. The molecule has 264 valence electrons. The van der Waals surface area contributed by atoms with E-state index in [1.165, 1.54) is 27.6 Å². The van der Waals surface area contributed by atoms with E-state index in [1.807, 2.05) is 13.0 Å². The summed E-state index contributed by atoms with van der Waals surface area (Å²) in [5.41, 5.74) is 9.36. The third-order valence-corrected chi connectivity index (χ3v) is 14.2. The van der Waals surface area contributed by atoms with E-state index in [-0.39, 0.29) is 11.0 Å². The highest BCUT2D eigenvalue weighted by Gasteiger charge is 2.25. The minimum Gasteiger partial charge on any atom is -0.365 e. The molecule has 7 heterocycles. The van der Waals surface area contributed by atoms with Crippen LogP contribution in [-0.2, 0) is 37.5 Å². The van der Waals surface area contributed by atoms with Crippen LogP contribution >= 0.6 is 56.9 Å². The average Bonchev–Trinajstić information content (AvgIpc) is 3.84. The maximum Gasteiger partial charge on any atom is 0.260 e. The van der Waals surface area contributed by atoms with Crippen molar-refractivity contribution in [3.8, 4) is 10.7 Å². The number of carbonyl (C=O) groups is 1. The average molecular weight is 777 g/mol. The van der Waals surface area contributed by atoms with Crippen LogP contribution in [0.4, 0.5) is 11.5 Å². The first-order valence-electron chi connectivity index (χ1n) is 16.8. The molecule has 7 rings (SSSR count). The summed E-state index contributed by atoms with van der Waals surface area (Å²) in [5, 5.41) is 6.25. The highest BCUT2D eigenvalue weighted by molar-refractivity contribution is 7.22. The van der Waals surface area contributed by atoms with E-state index < -0.39 is 5.91 Å². The quantitative estimate of drug-likeness (QED) is 0.116. The summed E-state index contributed by atoms with van der Waals surface area (Å²) in [4.78, 5) is 59.6. The van der Waals surface area contributed by atoms with E-state index in [9.17, 15) is 9.59 Å². The number of H-pyrrole nitrogens is 1. The fourth-order valence-corrected chi connectivity index (χ4v) is 11.5. The lowest BCUT2D eigenvalue weighted by atomic mass is 9.94. The molecule has 10 nitrogen and oxygen atoms in total. The number of fused-ring (bicyclic) bond motifs is 3. The molecule has 4 N–H and O–H groups in total. The van der Waals surface area contributed by atoms with E-state index in [4.69, 9.17) is 32.3 Å². The van der Waals surface area contributed by atoms with Crippen LogP contribution in [0, 0.1) is 6.92 Å². The second kappa shape index (κ2) is 13.6. The molecule has 0 spiro atoms. The number of hydrogen-bond donors (Lipinski definition) is 3. The second-order valence-electron chi connectivity index (χ2n) is 13.3. The van der Waals surface area contributed by atoms with Crippen LogP contribution < -0.4 is 16.6 Å². The summed E-state index contributed by atoms with van der Waals surface area (Å²) < 4.78 is 0. The van der Waals surface area contributed by atoms with Gasteiger partial charge in [0.05, 0.1) is 26.7 Å². The Morgan fingerprint density at radius 1 is 0.882 bits per heavy atom. The highest BCUT2D eigenvalue weighted by Crippen LogP contribution is 2.42. The van der Waals surface area contributed by atoms with E-state index >= 15 is 0 Å². The van der Waals surface area contributed by atoms with Crippen molar-refractivity contribution in [1.82, 2.24) is 29.9 Å². The van der Waals surface area contributed by atoms with Crippen molar-refractivity contribution in [2.45, 2.75) is 86.0 Å². The van der Waals surface area contributed by atoms with Crippen molar-refractivity contribution < 1.29 is 4.79 Å². The van der Waals surface area contributed by atoms with Gasteiger partial charge in [-0.1, -0.05) is 53.1 Å². The molecule has 0 atom stereocenters. The molecule has 0 saturated carbocycles. The molecule has 0 aromatic carbocycles. The first-order valence-corrected chi connectivity index (χ1v) is 20.4. The lowest BCUT2D eigenvalue weighted by Crippen LogP contribution is -2.11. The van der Waals surface area contributed by atoms with Crippen molar-refractivity contribution in [3.05, 3.63) is 69.9 Å². The third-order valence-electron chi connectivity index (χ3n) is 8.99. The van der Waals surface area contributed by atoms with Gasteiger partial charge < -0.3 is 16.0 Å². The Kier molecular flexibility index (Phi) is 9.50. The van der Waals surface area contributed by atoms with E-state index in [2.05, 4.69) is 61.8 Å². The lowest BCUT2D eigenvalue weighted by Gasteiger charge is -2.15. The predicted molar refractivity (Wildman–Crippen MR) is 214 cm³/mol. The Morgan fingerprint density at radius 3 is 2.29 bits per heavy atom. The summed E-state index contributed by atoms with van der Waals surface area (Å²) in [7, 11) is 0. The van der Waals surface area contributed by atoms with Crippen LogP contribution in [0.25, 0.3) is 41.4 Å². The van der Waals surface area contributed by atoms with Gasteiger partial charge in [0.25, 0.3) is 11.5 Å². The van der Waals surface area contributed by atoms with E-state index in [0.29, 0.717) is 57.8 Å². The number of amides is 1. The van der Waals surface area contributed by atoms with Gasteiger partial charge in [-0.15, -0.1) is 45.3 Å². The Labute approximate surface area is 315 Å². The molecular weight excluding hydrogens is 740 g/mol. The summed E-state index contributed by atoms with van der Waals surface area (Å²) in [5.74, 6) is 1.35. The van der Waals surface area contributed by atoms with Gasteiger partial charge in [-0.05, 0) is 60.8 Å². The van der Waals surface area contributed by atoms with Crippen molar-refractivity contribution in [2.24, 2.45) is 5.73 Å². The Bertz CT molecular complexity index is 2550. The zero-order valence-corrected chi connectivity index (χ0v) is 33.4. The van der Waals surface area contributed by atoms with Gasteiger partial charge >= 0.3 is 0 Å². The summed E-state index contributed by atoms with van der Waals surface area (Å²) in [6.45, 7) is 14.6. The first-order chi connectivity index (χ1) is 24.3. The Balaban J connectivity index is 1.22. The number of aromatic amines is 1. The number of hydrogen-bond acceptors (Lipinski definition) is 12. The first kappa shape index (κ1) is 35.6. The number of aromatic nitrogens is 6. The summed E-state index contributed by atoms with van der Waals surface area (Å²) >= 11 is 13.0. The number of anilines is 2. The number of halogens is 1. The number of thiophene rings is 4. The van der Waals surface area contributed by atoms with Gasteiger partial charge in [0, 0.05) is 21.1 Å². The van der Waals surface area contributed by atoms with Crippen molar-refractivity contribution in [1.29, 1.82) is 0 Å². The van der Waals surface area contributed by atoms with E-state index in [0.717, 1.165) is 69.4 Å². The van der Waals surface area contributed by atoms with Crippen LogP contribution in [0.15, 0.2) is 17.2 Å². The lowest BCUT2D eigenvalue weighted by molar-refractivity contribution is 0.100. The topological polar surface area (TPSA) is 152 Å². The minimum atomic E-state index is -0.474. The molecule has 0 aliphatic heterocycles. The maximum absolute atomic E-state index is 13.3. The van der Waals surface area contributed by atoms with Crippen LogP contribution in [-0.4, -0.2) is 35.8 Å². The fraction of sp³-hybridized carbons (Fsp3) is 0.361. The molecule has 0 aliphatic carbocycles. The van der Waals surface area contributed by atoms with Gasteiger partial charge in [-0.25, -0.2) is 24.9 Å². The van der Waals surface area contributed by atoms with Gasteiger partial charge in [-0.3, -0.25) is 9.59 Å². The number of nitrogens with one attached hydrogen (secondary N) is 2. The van der Waals surface area contributed by atoms with Crippen LogP contribution in [0.2, 0.25) is 5.15 Å². The molecule has 0 aliphatic rings. The molecule has 0 fully saturated rings. The smallest absolute Gasteiger partial charge is 0.260 e. The molecule has 7 aromatic rings. The van der Waals surface area contributed by atoms with Crippen molar-refractivity contribution in [2.75, 3.05) is 5.32 Å². The summed E-state index contributed by atoms with van der Waals surface area (Å²) in [6.07, 6.45) is 5.04. The molecule has 0 saturated heterocycles. The molecule has 1 amide bonds.